The van der Waals surface area contributed by atoms with E-state index in [0.29, 0.717) is 0 Å². The Labute approximate surface area is 206 Å². The molecule has 2 rings (SSSR count). The van der Waals surface area contributed by atoms with E-state index in [4.69, 9.17) is 27.2 Å². The molecule has 1 saturated heterocycles. The van der Waals surface area contributed by atoms with E-state index >= 15 is 0 Å². The van der Waals surface area contributed by atoms with Gasteiger partial charge in [-0.2, -0.15) is 18.4 Å². The van der Waals surface area contributed by atoms with Crippen molar-refractivity contribution in [2.24, 2.45) is 5.92 Å². The van der Waals surface area contributed by atoms with E-state index in [1.165, 1.54) is 32.6 Å². The summed E-state index contributed by atoms with van der Waals surface area (Å²) in [6, 6.07) is 1.59. The molecule has 1 aliphatic carbocycles. The average Bonchev–Trinajstić information content (AvgIpc) is 2.94. The number of nitriles is 1. The van der Waals surface area contributed by atoms with Crippen LogP contribution in [0.3, 0.4) is 0 Å². The minimum absolute atomic E-state index is 0.000962. The van der Waals surface area contributed by atoms with Gasteiger partial charge in [-0.05, 0) is 58.5 Å². The smallest absolute Gasteiger partial charge is 0.417 e. The van der Waals surface area contributed by atoms with Crippen LogP contribution in [0.2, 0.25) is 0 Å². The number of aliphatic hydroxyl groups is 2. The third kappa shape index (κ3) is 5.58. The van der Waals surface area contributed by atoms with Gasteiger partial charge >= 0.3 is 6.18 Å². The monoisotopic (exact) mass is 517 g/mol. The fourth-order valence-corrected chi connectivity index (χ4v) is 4.51. The number of rotatable bonds is 7. The second-order valence-electron chi connectivity index (χ2n) is 8.79. The Balaban J connectivity index is 2.52. The zero-order valence-corrected chi connectivity index (χ0v) is 20.7. The van der Waals surface area contributed by atoms with Crippen LogP contribution in [-0.4, -0.2) is 62.1 Å². The Bertz CT molecular complexity index is 1070. The van der Waals surface area contributed by atoms with Gasteiger partial charge in [0.1, 0.15) is 17.4 Å². The molecule has 1 heterocycles. The van der Waals surface area contributed by atoms with E-state index in [-0.39, 0.29) is 28.7 Å². The predicted molar refractivity (Wildman–Crippen MR) is 123 cm³/mol. The standard InChI is InChI=1S/C23H27F4N3O4S/c1-12-6-15(9-28)17(23(25,26)27)8-19(12)29-20(33)22(4,5)30(21(29)35)13(2)7-18(24)14(3)34-16(10-31)11-32/h7-8,12,16,31-32H,6,10-11H2,1-5H3/b13-7+,18-14-. The molecular weight excluding hydrogens is 490 g/mol. The molecule has 7 nitrogen and oxygen atoms in total. The minimum atomic E-state index is -4.79. The number of thiocarbonyl (C=S) groups is 1. The van der Waals surface area contributed by atoms with Crippen LogP contribution < -0.4 is 0 Å². The number of hydrogen-bond donors (Lipinski definition) is 2. The van der Waals surface area contributed by atoms with Crippen LogP contribution in [0.1, 0.15) is 41.0 Å². The van der Waals surface area contributed by atoms with Gasteiger partial charge in [0.15, 0.2) is 10.9 Å². The second kappa shape index (κ2) is 10.5. The Morgan fingerprint density at radius 2 is 1.94 bits per heavy atom. The van der Waals surface area contributed by atoms with Crippen molar-refractivity contribution in [2.45, 2.75) is 58.9 Å². The highest BCUT2D eigenvalue weighted by Crippen LogP contribution is 2.42. The van der Waals surface area contributed by atoms with Crippen LogP contribution >= 0.6 is 12.2 Å². The van der Waals surface area contributed by atoms with Crippen molar-refractivity contribution in [2.75, 3.05) is 13.2 Å². The van der Waals surface area contributed by atoms with Crippen LogP contribution in [0.25, 0.3) is 0 Å². The van der Waals surface area contributed by atoms with Crippen molar-refractivity contribution in [3.8, 4) is 6.07 Å². The SMILES string of the molecule is C/C(OC(CO)CO)=C(F)\C=C(/C)N1C(=S)N(C2=CC(C(F)(F)F)=C(C#N)CC2C)C(=O)C1(C)C. The first kappa shape index (κ1) is 28.5. The van der Waals surface area contributed by atoms with Crippen molar-refractivity contribution < 1.29 is 37.3 Å². The first-order valence-corrected chi connectivity index (χ1v) is 11.1. The first-order chi connectivity index (χ1) is 16.1. The highest BCUT2D eigenvalue weighted by Gasteiger charge is 2.52. The van der Waals surface area contributed by atoms with Gasteiger partial charge < -0.3 is 19.8 Å². The summed E-state index contributed by atoms with van der Waals surface area (Å²) in [5.41, 5.74) is -2.74. The lowest BCUT2D eigenvalue weighted by Gasteiger charge is -2.31. The third-order valence-corrected chi connectivity index (χ3v) is 6.14. The fraction of sp³-hybridized carbons (Fsp3) is 0.522. The Morgan fingerprint density at radius 1 is 1.37 bits per heavy atom. The van der Waals surface area contributed by atoms with Crippen LogP contribution in [0, 0.1) is 17.2 Å². The maximum absolute atomic E-state index is 14.8. The van der Waals surface area contributed by atoms with Crippen LogP contribution in [0.15, 0.2) is 46.3 Å². The van der Waals surface area contributed by atoms with Gasteiger partial charge in [-0.25, -0.2) is 4.39 Å². The van der Waals surface area contributed by atoms with E-state index in [2.05, 4.69) is 0 Å². The highest BCUT2D eigenvalue weighted by molar-refractivity contribution is 7.80. The lowest BCUT2D eigenvalue weighted by molar-refractivity contribution is -0.130. The van der Waals surface area contributed by atoms with Crippen LogP contribution in [0.4, 0.5) is 17.6 Å². The number of allylic oxidation sites excluding steroid dienone is 8. The van der Waals surface area contributed by atoms with Crippen LogP contribution in [-0.2, 0) is 9.53 Å². The van der Waals surface area contributed by atoms with Crippen molar-refractivity contribution in [3.63, 3.8) is 0 Å². The largest absolute Gasteiger partial charge is 0.487 e. The van der Waals surface area contributed by atoms with E-state index in [1.54, 1.807) is 13.0 Å². The summed E-state index contributed by atoms with van der Waals surface area (Å²) in [4.78, 5) is 15.7. The van der Waals surface area contributed by atoms with Crippen molar-refractivity contribution in [1.82, 2.24) is 9.80 Å². The number of hydrogen-bond acceptors (Lipinski definition) is 6. The zero-order valence-electron chi connectivity index (χ0n) is 19.9. The Kier molecular flexibility index (Phi) is 8.53. The lowest BCUT2D eigenvalue weighted by Crippen LogP contribution is -2.43. The predicted octanol–water partition coefficient (Wildman–Crippen LogP) is 3.97. The van der Waals surface area contributed by atoms with Gasteiger partial charge in [-0.3, -0.25) is 9.69 Å². The molecule has 0 saturated carbocycles. The van der Waals surface area contributed by atoms with Crippen molar-refractivity contribution >= 4 is 23.2 Å². The summed E-state index contributed by atoms with van der Waals surface area (Å²) >= 11 is 5.47. The van der Waals surface area contributed by atoms with Gasteiger partial charge in [0.05, 0.1) is 24.9 Å². The molecule has 12 heteroatoms. The summed E-state index contributed by atoms with van der Waals surface area (Å²) in [6.45, 7) is 6.29. The summed E-state index contributed by atoms with van der Waals surface area (Å²) in [6.07, 6.45) is -4.22. The molecule has 0 aromatic rings. The molecule has 2 N–H and O–H groups in total. The Hall–Kier alpha value is -2.75. The van der Waals surface area contributed by atoms with Gasteiger partial charge in [0.25, 0.3) is 5.91 Å². The van der Waals surface area contributed by atoms with Gasteiger partial charge in [-0.1, -0.05) is 6.92 Å². The average molecular weight is 518 g/mol. The van der Waals surface area contributed by atoms with Crippen molar-refractivity contribution in [1.29, 1.82) is 5.26 Å². The van der Waals surface area contributed by atoms with E-state index < -0.39 is 59.8 Å². The molecule has 1 fully saturated rings. The molecule has 0 spiro atoms. The van der Waals surface area contributed by atoms with Gasteiger partial charge in [0.2, 0.25) is 0 Å². The maximum atomic E-state index is 14.8. The molecule has 2 aliphatic rings. The third-order valence-electron chi connectivity index (χ3n) is 5.77. The molecule has 1 amide bonds. The molecule has 0 aromatic carbocycles. The maximum Gasteiger partial charge on any atom is 0.417 e. The topological polar surface area (TPSA) is 97.0 Å². The molecule has 1 atom stereocenters. The second-order valence-corrected chi connectivity index (χ2v) is 9.15. The molecule has 0 bridgehead atoms. The fourth-order valence-electron chi connectivity index (χ4n) is 3.94. The number of halogens is 4. The van der Waals surface area contributed by atoms with E-state index in [0.717, 1.165) is 17.1 Å². The van der Waals surface area contributed by atoms with Crippen LogP contribution in [0.5, 0.6) is 0 Å². The van der Waals surface area contributed by atoms with Crippen molar-refractivity contribution in [3.05, 3.63) is 46.3 Å². The molecular formula is C23H27F4N3O4S. The highest BCUT2D eigenvalue weighted by atomic mass is 32.1. The first-order valence-electron chi connectivity index (χ1n) is 10.7. The quantitative estimate of drug-likeness (QED) is 0.228. The number of amides is 1. The van der Waals surface area contributed by atoms with E-state index in [1.807, 2.05) is 0 Å². The summed E-state index contributed by atoms with van der Waals surface area (Å²) in [7, 11) is 0. The molecule has 192 valence electrons. The molecule has 1 unspecified atom stereocenters. The number of aliphatic hydroxyl groups excluding tert-OH is 2. The molecule has 0 aromatic heterocycles. The zero-order chi connectivity index (χ0) is 26.9. The molecule has 0 radical (unpaired) electrons. The molecule has 35 heavy (non-hydrogen) atoms. The minimum Gasteiger partial charge on any atom is -0.487 e. The van der Waals surface area contributed by atoms with E-state index in [9.17, 15) is 27.6 Å². The van der Waals surface area contributed by atoms with Gasteiger partial charge in [-0.15, -0.1) is 0 Å². The Morgan fingerprint density at radius 3 is 2.43 bits per heavy atom. The normalized spacial score (nSPS) is 22.0. The van der Waals surface area contributed by atoms with Gasteiger partial charge in [0, 0.05) is 22.9 Å². The number of nitrogens with zero attached hydrogens (tertiary/aromatic N) is 3. The summed E-state index contributed by atoms with van der Waals surface area (Å²) in [5, 5.41) is 27.3. The number of carbonyl (C=O) groups is 1. The number of ether oxygens (including phenoxy) is 1. The lowest BCUT2D eigenvalue weighted by atomic mass is 9.87. The summed E-state index contributed by atoms with van der Waals surface area (Å²) < 4.78 is 60.6. The number of carbonyl (C=O) groups excluding carboxylic acids is 1. The summed E-state index contributed by atoms with van der Waals surface area (Å²) in [5.74, 6) is -2.30. The molecule has 1 aliphatic heterocycles. The number of alkyl halides is 3.